The van der Waals surface area contributed by atoms with Crippen LogP contribution in [0.2, 0.25) is 0 Å². The second-order valence-corrected chi connectivity index (χ2v) is 7.19. The summed E-state index contributed by atoms with van der Waals surface area (Å²) in [7, 11) is 2.71. The number of amides is 1. The number of thiocarbonyl (C=S) groups is 1. The Hall–Kier alpha value is -3.80. The van der Waals surface area contributed by atoms with Gasteiger partial charge in [0, 0.05) is 0 Å². The van der Waals surface area contributed by atoms with Crippen LogP contribution < -0.4 is 10.2 Å². The van der Waals surface area contributed by atoms with Gasteiger partial charge >= 0.3 is 12.1 Å². The zero-order valence-electron chi connectivity index (χ0n) is 17.1. The summed E-state index contributed by atoms with van der Waals surface area (Å²) in [5, 5.41) is 11.0. The predicted octanol–water partition coefficient (Wildman–Crippen LogP) is 2.19. The maximum atomic E-state index is 15.0. The number of esters is 1. The maximum Gasteiger partial charge on any atom is 0.414 e. The average Bonchev–Trinajstić information content (AvgIpc) is 3.39. The van der Waals surface area contributed by atoms with Gasteiger partial charge in [0.25, 0.3) is 5.17 Å². The van der Waals surface area contributed by atoms with E-state index >= 15 is 4.39 Å². The predicted molar refractivity (Wildman–Crippen MR) is 115 cm³/mol. The molecule has 0 spiro atoms. The number of rotatable bonds is 5. The minimum Gasteiger partial charge on any atom is -0.474 e. The van der Waals surface area contributed by atoms with Gasteiger partial charge in [0.2, 0.25) is 0 Å². The number of hydrogen-bond donors (Lipinski definition) is 1. The molecule has 2 aromatic carbocycles. The number of carbonyl (C=O) groups excluding carboxylic acids is 2. The summed E-state index contributed by atoms with van der Waals surface area (Å²) in [6.07, 6.45) is -1.07. The summed E-state index contributed by atoms with van der Waals surface area (Å²) in [6.45, 7) is 0.481. The summed E-state index contributed by atoms with van der Waals surface area (Å²) in [4.78, 5) is 25.4. The fraction of sp³-hybridized carbons (Fsp3) is 0.250. The van der Waals surface area contributed by atoms with Crippen LogP contribution in [-0.4, -0.2) is 65.6 Å². The molecule has 4 rings (SSSR count). The van der Waals surface area contributed by atoms with E-state index in [0.717, 1.165) is 0 Å². The number of benzene rings is 2. The Morgan fingerprint density at radius 1 is 1.28 bits per heavy atom. The molecule has 166 valence electrons. The highest BCUT2D eigenvalue weighted by Gasteiger charge is 2.33. The van der Waals surface area contributed by atoms with Gasteiger partial charge in [0.1, 0.15) is 17.3 Å². The largest absolute Gasteiger partial charge is 0.474 e. The lowest BCUT2D eigenvalue weighted by Crippen LogP contribution is -2.34. The lowest BCUT2D eigenvalue weighted by atomic mass is 10.2. The summed E-state index contributed by atoms with van der Waals surface area (Å²) < 4.78 is 31.2. The van der Waals surface area contributed by atoms with Crippen LogP contribution in [0, 0.1) is 5.82 Å². The van der Waals surface area contributed by atoms with Crippen molar-refractivity contribution in [3.05, 3.63) is 47.8 Å². The number of fused-ring (bicyclic) bond motifs is 1. The summed E-state index contributed by atoms with van der Waals surface area (Å²) in [5.41, 5.74) is 1.63. The number of hydrogen-bond acceptors (Lipinski definition) is 8. The molecule has 0 bridgehead atoms. The van der Waals surface area contributed by atoms with Crippen molar-refractivity contribution >= 4 is 46.2 Å². The fourth-order valence-corrected chi connectivity index (χ4v) is 3.37. The molecular weight excluding hydrogens is 441 g/mol. The fourth-order valence-electron chi connectivity index (χ4n) is 3.28. The molecule has 1 fully saturated rings. The Balaban J connectivity index is 1.58. The number of aromatic nitrogens is 3. The van der Waals surface area contributed by atoms with Crippen molar-refractivity contribution < 1.29 is 28.2 Å². The molecule has 1 aliphatic rings. The molecule has 1 aliphatic heterocycles. The third kappa shape index (κ3) is 4.04. The van der Waals surface area contributed by atoms with Gasteiger partial charge in [-0.3, -0.25) is 4.90 Å². The van der Waals surface area contributed by atoms with E-state index in [-0.39, 0.29) is 29.5 Å². The quantitative estimate of drug-likeness (QED) is 0.454. The molecule has 0 aliphatic carbocycles. The SMILES string of the molecule is COC(=O)c1ccc2nnn(-c3ccc(N4C[C@H](CNC(=S)OC)OC4=O)cc3F)c2c1. The van der Waals surface area contributed by atoms with Crippen LogP contribution in [0.3, 0.4) is 0 Å². The van der Waals surface area contributed by atoms with Gasteiger partial charge in [0.05, 0.1) is 44.1 Å². The molecule has 1 amide bonds. The zero-order valence-corrected chi connectivity index (χ0v) is 17.9. The highest BCUT2D eigenvalue weighted by Crippen LogP contribution is 2.27. The van der Waals surface area contributed by atoms with Crippen molar-refractivity contribution in [2.45, 2.75) is 6.10 Å². The number of ether oxygens (including phenoxy) is 3. The van der Waals surface area contributed by atoms with Crippen molar-refractivity contribution in [1.82, 2.24) is 20.3 Å². The van der Waals surface area contributed by atoms with Crippen molar-refractivity contribution in [2.75, 3.05) is 32.2 Å². The molecule has 0 unspecified atom stereocenters. The number of nitrogens with zero attached hydrogens (tertiary/aromatic N) is 4. The Morgan fingerprint density at radius 2 is 2.09 bits per heavy atom. The van der Waals surface area contributed by atoms with Crippen LogP contribution in [0.25, 0.3) is 16.7 Å². The molecule has 3 aromatic rings. The zero-order chi connectivity index (χ0) is 22.8. The second kappa shape index (κ2) is 8.75. The molecule has 0 saturated carbocycles. The highest BCUT2D eigenvalue weighted by molar-refractivity contribution is 7.80. The Labute approximate surface area is 186 Å². The van der Waals surface area contributed by atoms with E-state index in [1.807, 2.05) is 0 Å². The van der Waals surface area contributed by atoms with Crippen LogP contribution in [0.5, 0.6) is 0 Å². The van der Waals surface area contributed by atoms with Crippen molar-refractivity contribution in [3.63, 3.8) is 0 Å². The topological polar surface area (TPSA) is 108 Å². The number of carbonyl (C=O) groups is 2. The first kappa shape index (κ1) is 21.4. The van der Waals surface area contributed by atoms with Gasteiger partial charge < -0.3 is 19.5 Å². The van der Waals surface area contributed by atoms with Crippen LogP contribution in [0.1, 0.15) is 10.4 Å². The van der Waals surface area contributed by atoms with Gasteiger partial charge in [-0.05, 0) is 48.6 Å². The van der Waals surface area contributed by atoms with Crippen molar-refractivity contribution in [2.24, 2.45) is 0 Å². The average molecular weight is 459 g/mol. The first-order valence-corrected chi connectivity index (χ1v) is 9.85. The van der Waals surface area contributed by atoms with Gasteiger partial charge in [-0.2, -0.15) is 0 Å². The lowest BCUT2D eigenvalue weighted by Gasteiger charge is -2.15. The van der Waals surface area contributed by atoms with E-state index in [1.54, 1.807) is 18.2 Å². The molecule has 1 N–H and O–H groups in total. The smallest absolute Gasteiger partial charge is 0.414 e. The van der Waals surface area contributed by atoms with Crippen LogP contribution in [0.4, 0.5) is 14.9 Å². The minimum absolute atomic E-state index is 0.106. The summed E-state index contributed by atoms with van der Waals surface area (Å²) in [6, 6.07) is 8.94. The van der Waals surface area contributed by atoms with E-state index in [2.05, 4.69) is 15.6 Å². The monoisotopic (exact) mass is 459 g/mol. The molecule has 0 radical (unpaired) electrons. The van der Waals surface area contributed by atoms with Crippen molar-refractivity contribution in [3.8, 4) is 5.69 Å². The Morgan fingerprint density at radius 3 is 2.81 bits per heavy atom. The van der Waals surface area contributed by atoms with Crippen LogP contribution >= 0.6 is 12.2 Å². The maximum absolute atomic E-state index is 15.0. The minimum atomic E-state index is -0.632. The van der Waals surface area contributed by atoms with Gasteiger partial charge in [-0.15, -0.1) is 5.10 Å². The van der Waals surface area contributed by atoms with Gasteiger partial charge in [-0.1, -0.05) is 5.21 Å². The van der Waals surface area contributed by atoms with Crippen LogP contribution in [-0.2, 0) is 14.2 Å². The molecule has 1 saturated heterocycles. The van der Waals surface area contributed by atoms with Crippen LogP contribution in [0.15, 0.2) is 36.4 Å². The van der Waals surface area contributed by atoms with E-state index in [0.29, 0.717) is 16.7 Å². The van der Waals surface area contributed by atoms with Crippen molar-refractivity contribution in [1.29, 1.82) is 0 Å². The Kier molecular flexibility index (Phi) is 5.86. The molecule has 1 aromatic heterocycles. The number of halogens is 1. The number of cyclic esters (lactones) is 1. The van der Waals surface area contributed by atoms with Gasteiger partial charge in [-0.25, -0.2) is 18.7 Å². The van der Waals surface area contributed by atoms with Gasteiger partial charge in [0.15, 0.2) is 5.82 Å². The summed E-state index contributed by atoms with van der Waals surface area (Å²) >= 11 is 4.90. The normalized spacial score (nSPS) is 15.5. The van der Waals surface area contributed by atoms with E-state index < -0.39 is 24.0 Å². The standard InChI is InChI=1S/C20H18FN5O5S/c1-29-18(27)11-3-5-15-17(7-11)26(24-23-15)16-6-4-12(8-14(16)21)25-10-13(31-20(25)28)9-22-19(32)30-2/h3-8,13H,9-10H2,1-2H3,(H,22,32)/t13-/m0/s1. The lowest BCUT2D eigenvalue weighted by molar-refractivity contribution is 0.0601. The van der Waals surface area contributed by atoms with E-state index in [1.165, 1.54) is 42.0 Å². The third-order valence-corrected chi connectivity index (χ3v) is 5.18. The first-order chi connectivity index (χ1) is 15.4. The van der Waals surface area contributed by atoms with E-state index in [4.69, 9.17) is 26.4 Å². The molecule has 12 heteroatoms. The number of nitrogens with one attached hydrogen (secondary N) is 1. The highest BCUT2D eigenvalue weighted by atomic mass is 32.1. The molecule has 10 nitrogen and oxygen atoms in total. The summed E-state index contributed by atoms with van der Waals surface area (Å²) in [5.74, 6) is -1.16. The Bertz CT molecular complexity index is 1220. The molecular formula is C20H18FN5O5S. The first-order valence-electron chi connectivity index (χ1n) is 9.45. The molecule has 2 heterocycles. The second-order valence-electron chi connectivity index (χ2n) is 6.82. The number of anilines is 1. The third-order valence-electron chi connectivity index (χ3n) is 4.87. The van der Waals surface area contributed by atoms with E-state index in [9.17, 15) is 9.59 Å². The number of methoxy groups -OCH3 is 2. The molecule has 32 heavy (non-hydrogen) atoms. The molecule has 1 atom stereocenters.